The first-order valence-electron chi connectivity index (χ1n) is 8.13. The number of aromatic nitrogens is 1. The fourth-order valence-corrected chi connectivity index (χ4v) is 3.58. The molecule has 0 atom stereocenters. The Kier molecular flexibility index (Phi) is 7.03. The Hall–Kier alpha value is -1.15. The maximum absolute atomic E-state index is 4.39. The molecule has 0 spiro atoms. The summed E-state index contributed by atoms with van der Waals surface area (Å²) in [5.41, 5.74) is 1.73. The number of aliphatic imine (C=N–C) groups is 1. The van der Waals surface area contributed by atoms with Gasteiger partial charge < -0.3 is 10.6 Å². The van der Waals surface area contributed by atoms with Crippen LogP contribution in [0.15, 0.2) is 41.5 Å². The smallest absolute Gasteiger partial charge is 0.191 e. The highest BCUT2D eigenvalue weighted by Gasteiger charge is 2.43. The molecule has 130 valence electrons. The molecule has 2 N–H and O–H groups in total. The summed E-state index contributed by atoms with van der Waals surface area (Å²) in [6, 6.07) is 10.8. The summed E-state index contributed by atoms with van der Waals surface area (Å²) in [4.78, 5) is 9.98. The van der Waals surface area contributed by atoms with Crippen molar-refractivity contribution >= 4 is 41.3 Å². The van der Waals surface area contributed by atoms with E-state index in [1.807, 2.05) is 13.2 Å². The van der Waals surface area contributed by atoms with Gasteiger partial charge in [0.05, 0.1) is 5.01 Å². The summed E-state index contributed by atoms with van der Waals surface area (Å²) in [6.07, 6.45) is 5.37. The van der Waals surface area contributed by atoms with E-state index in [2.05, 4.69) is 57.9 Å². The number of rotatable bonds is 6. The van der Waals surface area contributed by atoms with E-state index < -0.39 is 0 Å². The Morgan fingerprint density at radius 3 is 2.58 bits per heavy atom. The van der Waals surface area contributed by atoms with E-state index in [0.717, 1.165) is 25.5 Å². The molecule has 24 heavy (non-hydrogen) atoms. The van der Waals surface area contributed by atoms with Crippen LogP contribution < -0.4 is 10.6 Å². The van der Waals surface area contributed by atoms with Gasteiger partial charge in [0.1, 0.15) is 0 Å². The van der Waals surface area contributed by atoms with Crippen molar-refractivity contribution in [3.05, 3.63) is 52.0 Å². The number of nitrogens with one attached hydrogen (secondary N) is 2. The van der Waals surface area contributed by atoms with Gasteiger partial charge in [-0.25, -0.2) is 4.98 Å². The second-order valence-corrected chi connectivity index (χ2v) is 7.43. The summed E-state index contributed by atoms with van der Waals surface area (Å²) in [6.45, 7) is 3.88. The molecule has 1 saturated carbocycles. The van der Waals surface area contributed by atoms with Gasteiger partial charge >= 0.3 is 0 Å². The lowest BCUT2D eigenvalue weighted by Gasteiger charge is -2.19. The number of benzene rings is 1. The van der Waals surface area contributed by atoms with Gasteiger partial charge in [-0.1, -0.05) is 30.3 Å². The molecule has 1 heterocycles. The predicted octanol–water partition coefficient (Wildman–Crippen LogP) is 3.51. The van der Waals surface area contributed by atoms with Gasteiger partial charge in [-0.3, -0.25) is 4.99 Å². The highest BCUT2D eigenvalue weighted by atomic mass is 127. The van der Waals surface area contributed by atoms with E-state index in [-0.39, 0.29) is 24.0 Å². The number of halogens is 1. The van der Waals surface area contributed by atoms with Gasteiger partial charge in [-0.15, -0.1) is 35.3 Å². The van der Waals surface area contributed by atoms with Crippen molar-refractivity contribution in [2.24, 2.45) is 4.99 Å². The van der Waals surface area contributed by atoms with Crippen LogP contribution in [-0.2, 0) is 11.8 Å². The van der Waals surface area contributed by atoms with Crippen LogP contribution in [0, 0.1) is 6.92 Å². The van der Waals surface area contributed by atoms with E-state index in [0.29, 0.717) is 5.41 Å². The molecule has 0 radical (unpaired) electrons. The van der Waals surface area contributed by atoms with Crippen LogP contribution in [0.2, 0.25) is 0 Å². The Balaban J connectivity index is 0.00000208. The minimum Gasteiger partial charge on any atom is -0.356 e. The number of hydrogen-bond donors (Lipinski definition) is 2. The van der Waals surface area contributed by atoms with Gasteiger partial charge in [0.15, 0.2) is 5.96 Å². The van der Waals surface area contributed by atoms with Crippen LogP contribution >= 0.6 is 35.3 Å². The third-order valence-corrected chi connectivity index (χ3v) is 5.33. The topological polar surface area (TPSA) is 49.3 Å². The lowest BCUT2D eigenvalue weighted by atomic mass is 9.96. The molecule has 6 heteroatoms. The predicted molar refractivity (Wildman–Crippen MR) is 113 cm³/mol. The zero-order chi connectivity index (χ0) is 16.1. The molecule has 1 aromatic carbocycles. The molecule has 4 nitrogen and oxygen atoms in total. The normalized spacial score (nSPS) is 15.5. The highest BCUT2D eigenvalue weighted by Crippen LogP contribution is 2.47. The van der Waals surface area contributed by atoms with Crippen molar-refractivity contribution in [1.82, 2.24) is 15.6 Å². The van der Waals surface area contributed by atoms with E-state index in [4.69, 9.17) is 0 Å². The van der Waals surface area contributed by atoms with Gasteiger partial charge in [0, 0.05) is 43.0 Å². The monoisotopic (exact) mass is 456 g/mol. The van der Waals surface area contributed by atoms with Crippen LogP contribution in [0.4, 0.5) is 0 Å². The van der Waals surface area contributed by atoms with Gasteiger partial charge in [-0.2, -0.15) is 0 Å². The molecular formula is C18H25IN4S. The number of aryl methyl sites for hydroxylation is 1. The zero-order valence-electron chi connectivity index (χ0n) is 14.2. The fraction of sp³-hybridized carbons (Fsp3) is 0.444. The molecule has 0 saturated heterocycles. The maximum Gasteiger partial charge on any atom is 0.191 e. The highest BCUT2D eigenvalue weighted by molar-refractivity contribution is 14.0. The molecule has 3 rings (SSSR count). The standard InChI is InChI=1S/C18H24N4S.HI/c1-14-12-21-16(23-14)8-11-20-17(19-2)22-13-18(9-10-18)15-6-4-3-5-7-15;/h3-7,12H,8-11,13H2,1-2H3,(H2,19,20,22);1H. The summed E-state index contributed by atoms with van der Waals surface area (Å²) < 4.78 is 0. The first-order chi connectivity index (χ1) is 11.2. The third-order valence-electron chi connectivity index (χ3n) is 4.36. The van der Waals surface area contributed by atoms with E-state index >= 15 is 0 Å². The zero-order valence-corrected chi connectivity index (χ0v) is 17.4. The average molecular weight is 456 g/mol. The van der Waals surface area contributed by atoms with Gasteiger partial charge in [-0.05, 0) is 25.3 Å². The molecule has 1 aliphatic rings. The fourth-order valence-electron chi connectivity index (χ4n) is 2.79. The molecule has 2 aromatic rings. The van der Waals surface area contributed by atoms with Crippen molar-refractivity contribution in [1.29, 1.82) is 0 Å². The average Bonchev–Trinajstić information content (AvgIpc) is 3.27. The Morgan fingerprint density at radius 1 is 1.25 bits per heavy atom. The molecule has 0 unspecified atom stereocenters. The molecule has 1 aromatic heterocycles. The lowest BCUT2D eigenvalue weighted by molar-refractivity contribution is 0.645. The Morgan fingerprint density at radius 2 is 2.00 bits per heavy atom. The van der Waals surface area contributed by atoms with Crippen LogP contribution in [0.5, 0.6) is 0 Å². The molecule has 0 aliphatic heterocycles. The minimum absolute atomic E-state index is 0. The van der Waals surface area contributed by atoms with Crippen LogP contribution in [0.25, 0.3) is 0 Å². The molecule has 0 bridgehead atoms. The van der Waals surface area contributed by atoms with Crippen LogP contribution in [0.3, 0.4) is 0 Å². The van der Waals surface area contributed by atoms with Crippen molar-refractivity contribution in [3.63, 3.8) is 0 Å². The van der Waals surface area contributed by atoms with E-state index in [9.17, 15) is 0 Å². The van der Waals surface area contributed by atoms with E-state index in [1.165, 1.54) is 28.3 Å². The minimum atomic E-state index is 0. The van der Waals surface area contributed by atoms with Crippen molar-refractivity contribution in [2.45, 2.75) is 31.6 Å². The number of guanidine groups is 1. The molecule has 1 fully saturated rings. The second kappa shape index (κ2) is 8.80. The summed E-state index contributed by atoms with van der Waals surface area (Å²) in [5.74, 6) is 0.875. The maximum atomic E-state index is 4.39. The van der Waals surface area contributed by atoms with E-state index in [1.54, 1.807) is 11.3 Å². The summed E-state index contributed by atoms with van der Waals surface area (Å²) in [7, 11) is 1.82. The van der Waals surface area contributed by atoms with Crippen molar-refractivity contribution in [3.8, 4) is 0 Å². The molecule has 0 amide bonds. The number of nitrogens with zero attached hydrogens (tertiary/aromatic N) is 2. The Labute approximate surface area is 165 Å². The van der Waals surface area contributed by atoms with Crippen LogP contribution in [-0.4, -0.2) is 31.1 Å². The molecular weight excluding hydrogens is 431 g/mol. The van der Waals surface area contributed by atoms with Crippen LogP contribution in [0.1, 0.15) is 28.3 Å². The second-order valence-electron chi connectivity index (χ2n) is 6.11. The first-order valence-corrected chi connectivity index (χ1v) is 8.95. The number of thiazole rings is 1. The molecule has 1 aliphatic carbocycles. The quantitative estimate of drug-likeness (QED) is 0.398. The largest absolute Gasteiger partial charge is 0.356 e. The third kappa shape index (κ3) is 4.92. The lowest BCUT2D eigenvalue weighted by Crippen LogP contribution is -2.41. The van der Waals surface area contributed by atoms with Gasteiger partial charge in [0.2, 0.25) is 0 Å². The van der Waals surface area contributed by atoms with Gasteiger partial charge in [0.25, 0.3) is 0 Å². The number of hydrogen-bond acceptors (Lipinski definition) is 3. The summed E-state index contributed by atoms with van der Waals surface area (Å²) in [5, 5.41) is 8.04. The summed E-state index contributed by atoms with van der Waals surface area (Å²) >= 11 is 1.76. The SMILES string of the molecule is CN=C(NCCc1ncc(C)s1)NCC1(c2ccccc2)CC1.I. The first kappa shape index (κ1) is 19.2. The van der Waals surface area contributed by atoms with Crippen molar-refractivity contribution in [2.75, 3.05) is 20.1 Å². The Bertz CT molecular complexity index is 665. The van der Waals surface area contributed by atoms with Crippen molar-refractivity contribution < 1.29 is 0 Å².